The SMILES string of the molecule is CCOc1cc(C(=O)N2CCC(CN3CCCC3)CC2)ccc1OCc1ccncc1. The molecule has 0 N–H and O–H groups in total. The average Bonchev–Trinajstić information content (AvgIpc) is 3.32. The van der Waals surface area contributed by atoms with Gasteiger partial charge in [-0.15, -0.1) is 0 Å². The van der Waals surface area contributed by atoms with Crippen LogP contribution in [-0.4, -0.2) is 60.0 Å². The molecule has 6 nitrogen and oxygen atoms in total. The van der Waals surface area contributed by atoms with Crippen LogP contribution in [0.25, 0.3) is 0 Å². The Bertz CT molecular complexity index is 844. The van der Waals surface area contributed by atoms with E-state index in [0.29, 0.717) is 36.2 Å². The Morgan fingerprint density at radius 3 is 2.45 bits per heavy atom. The van der Waals surface area contributed by atoms with E-state index in [1.165, 1.54) is 32.5 Å². The van der Waals surface area contributed by atoms with Crippen molar-refractivity contribution in [3.05, 3.63) is 53.9 Å². The second kappa shape index (κ2) is 10.6. The zero-order valence-corrected chi connectivity index (χ0v) is 18.5. The summed E-state index contributed by atoms with van der Waals surface area (Å²) in [6, 6.07) is 9.36. The van der Waals surface area contributed by atoms with Gasteiger partial charge in [-0.3, -0.25) is 9.78 Å². The quantitative estimate of drug-likeness (QED) is 0.642. The van der Waals surface area contributed by atoms with Crippen LogP contribution in [0.4, 0.5) is 0 Å². The number of hydrogen-bond donors (Lipinski definition) is 0. The van der Waals surface area contributed by atoms with Gasteiger partial charge in [-0.05, 0) is 87.5 Å². The lowest BCUT2D eigenvalue weighted by molar-refractivity contribution is 0.0672. The molecule has 1 aromatic heterocycles. The van der Waals surface area contributed by atoms with Crippen LogP contribution in [-0.2, 0) is 6.61 Å². The molecule has 31 heavy (non-hydrogen) atoms. The van der Waals surface area contributed by atoms with Gasteiger partial charge in [0.1, 0.15) is 6.61 Å². The third-order valence-corrected chi connectivity index (χ3v) is 6.25. The Labute approximate surface area is 185 Å². The first kappa shape index (κ1) is 21.6. The van der Waals surface area contributed by atoms with Gasteiger partial charge in [-0.25, -0.2) is 0 Å². The summed E-state index contributed by atoms with van der Waals surface area (Å²) in [4.78, 5) is 21.7. The minimum absolute atomic E-state index is 0.0845. The molecule has 0 saturated carbocycles. The summed E-state index contributed by atoms with van der Waals surface area (Å²) in [7, 11) is 0. The fourth-order valence-corrected chi connectivity index (χ4v) is 4.50. The Morgan fingerprint density at radius 1 is 1.00 bits per heavy atom. The van der Waals surface area contributed by atoms with Crippen LogP contribution in [0, 0.1) is 5.92 Å². The molecule has 2 aliphatic heterocycles. The maximum Gasteiger partial charge on any atom is 0.253 e. The molecule has 2 saturated heterocycles. The van der Waals surface area contributed by atoms with Crippen molar-refractivity contribution in [1.29, 1.82) is 0 Å². The van der Waals surface area contributed by atoms with Crippen LogP contribution in [0.2, 0.25) is 0 Å². The molecule has 1 amide bonds. The number of pyridine rings is 1. The van der Waals surface area contributed by atoms with Crippen molar-refractivity contribution >= 4 is 5.91 Å². The molecule has 2 aliphatic rings. The fourth-order valence-electron chi connectivity index (χ4n) is 4.50. The zero-order valence-electron chi connectivity index (χ0n) is 18.5. The maximum absolute atomic E-state index is 13.1. The fraction of sp³-hybridized carbons (Fsp3) is 0.520. The summed E-state index contributed by atoms with van der Waals surface area (Å²) in [5, 5.41) is 0. The first-order valence-electron chi connectivity index (χ1n) is 11.5. The summed E-state index contributed by atoms with van der Waals surface area (Å²) in [5.74, 6) is 2.07. The lowest BCUT2D eigenvalue weighted by Crippen LogP contribution is -2.41. The van der Waals surface area contributed by atoms with Gasteiger partial charge >= 0.3 is 0 Å². The van der Waals surface area contributed by atoms with E-state index >= 15 is 0 Å². The number of rotatable bonds is 8. The van der Waals surface area contributed by atoms with Gasteiger partial charge in [0, 0.05) is 37.6 Å². The highest BCUT2D eigenvalue weighted by atomic mass is 16.5. The maximum atomic E-state index is 13.1. The molecule has 0 unspecified atom stereocenters. The Balaban J connectivity index is 1.35. The highest BCUT2D eigenvalue weighted by molar-refractivity contribution is 5.95. The van der Waals surface area contributed by atoms with E-state index in [0.717, 1.165) is 31.5 Å². The van der Waals surface area contributed by atoms with Crippen molar-refractivity contribution < 1.29 is 14.3 Å². The lowest BCUT2D eigenvalue weighted by Gasteiger charge is -2.34. The first-order valence-corrected chi connectivity index (χ1v) is 11.5. The Hall–Kier alpha value is -2.60. The number of amides is 1. The van der Waals surface area contributed by atoms with Crippen molar-refractivity contribution in [2.45, 2.75) is 39.2 Å². The van der Waals surface area contributed by atoms with Crippen molar-refractivity contribution in [1.82, 2.24) is 14.8 Å². The van der Waals surface area contributed by atoms with Gasteiger partial charge in [-0.1, -0.05) is 0 Å². The average molecular weight is 424 g/mol. The predicted molar refractivity (Wildman–Crippen MR) is 120 cm³/mol. The number of carbonyl (C=O) groups is 1. The zero-order chi connectivity index (χ0) is 21.5. The minimum Gasteiger partial charge on any atom is -0.490 e. The summed E-state index contributed by atoms with van der Waals surface area (Å²) in [5.41, 5.74) is 1.70. The van der Waals surface area contributed by atoms with Gasteiger partial charge < -0.3 is 19.3 Å². The topological polar surface area (TPSA) is 54.9 Å². The monoisotopic (exact) mass is 423 g/mol. The number of piperidine rings is 1. The number of ether oxygens (including phenoxy) is 2. The van der Waals surface area contributed by atoms with Crippen molar-refractivity contribution in [2.75, 3.05) is 39.3 Å². The normalized spacial score (nSPS) is 17.6. The summed E-state index contributed by atoms with van der Waals surface area (Å²) >= 11 is 0. The van der Waals surface area contributed by atoms with Crippen molar-refractivity contribution in [2.24, 2.45) is 5.92 Å². The number of nitrogens with zero attached hydrogens (tertiary/aromatic N) is 3. The van der Waals surface area contributed by atoms with Crippen LogP contribution in [0.15, 0.2) is 42.7 Å². The van der Waals surface area contributed by atoms with E-state index in [1.54, 1.807) is 12.4 Å². The smallest absolute Gasteiger partial charge is 0.253 e. The van der Waals surface area contributed by atoms with Gasteiger partial charge in [0.2, 0.25) is 0 Å². The molecular formula is C25H33N3O3. The van der Waals surface area contributed by atoms with Gasteiger partial charge in [0.05, 0.1) is 6.61 Å². The minimum atomic E-state index is 0.0845. The van der Waals surface area contributed by atoms with E-state index in [-0.39, 0.29) is 5.91 Å². The molecule has 0 bridgehead atoms. The largest absolute Gasteiger partial charge is 0.490 e. The van der Waals surface area contributed by atoms with E-state index in [9.17, 15) is 4.79 Å². The number of benzene rings is 1. The van der Waals surface area contributed by atoms with E-state index in [4.69, 9.17) is 9.47 Å². The van der Waals surface area contributed by atoms with E-state index < -0.39 is 0 Å². The number of aromatic nitrogens is 1. The number of likely N-dealkylation sites (tertiary alicyclic amines) is 2. The first-order chi connectivity index (χ1) is 15.2. The van der Waals surface area contributed by atoms with E-state index in [2.05, 4.69) is 9.88 Å². The van der Waals surface area contributed by atoms with Crippen LogP contribution in [0.3, 0.4) is 0 Å². The highest BCUT2D eigenvalue weighted by Crippen LogP contribution is 2.30. The molecular weight excluding hydrogens is 390 g/mol. The lowest BCUT2D eigenvalue weighted by atomic mass is 9.95. The second-order valence-corrected chi connectivity index (χ2v) is 8.48. The predicted octanol–water partition coefficient (Wildman–Crippen LogP) is 4.01. The number of carbonyl (C=O) groups excluding carboxylic acids is 1. The molecule has 2 fully saturated rings. The number of hydrogen-bond acceptors (Lipinski definition) is 5. The van der Waals surface area contributed by atoms with Crippen molar-refractivity contribution in [3.8, 4) is 11.5 Å². The van der Waals surface area contributed by atoms with Crippen LogP contribution >= 0.6 is 0 Å². The molecule has 0 radical (unpaired) electrons. The highest BCUT2D eigenvalue weighted by Gasteiger charge is 2.26. The summed E-state index contributed by atoms with van der Waals surface area (Å²) < 4.78 is 11.7. The Kier molecular flexibility index (Phi) is 7.41. The molecule has 2 aromatic rings. The third-order valence-electron chi connectivity index (χ3n) is 6.25. The molecule has 3 heterocycles. The van der Waals surface area contributed by atoms with Gasteiger partial charge in [0.25, 0.3) is 5.91 Å². The summed E-state index contributed by atoms with van der Waals surface area (Å²) in [6.45, 7) is 8.24. The van der Waals surface area contributed by atoms with Gasteiger partial charge in [-0.2, -0.15) is 0 Å². The molecule has 0 aliphatic carbocycles. The van der Waals surface area contributed by atoms with Crippen LogP contribution < -0.4 is 9.47 Å². The van der Waals surface area contributed by atoms with Crippen LogP contribution in [0.1, 0.15) is 48.5 Å². The summed E-state index contributed by atoms with van der Waals surface area (Å²) in [6.07, 6.45) is 8.35. The second-order valence-electron chi connectivity index (χ2n) is 8.48. The molecule has 0 spiro atoms. The molecule has 6 heteroatoms. The Morgan fingerprint density at radius 2 is 1.74 bits per heavy atom. The van der Waals surface area contributed by atoms with Gasteiger partial charge in [0.15, 0.2) is 11.5 Å². The van der Waals surface area contributed by atoms with Crippen molar-refractivity contribution in [3.63, 3.8) is 0 Å². The molecule has 0 atom stereocenters. The standard InChI is InChI=1S/C25H33N3O3/c1-2-30-24-17-22(5-6-23(24)31-19-21-7-11-26-12-8-21)25(29)28-15-9-20(10-16-28)18-27-13-3-4-14-27/h5-8,11-12,17,20H,2-4,9-10,13-16,18-19H2,1H3. The molecule has 4 rings (SSSR count). The third kappa shape index (κ3) is 5.76. The molecule has 1 aromatic carbocycles. The van der Waals surface area contributed by atoms with Crippen LogP contribution in [0.5, 0.6) is 11.5 Å². The molecule has 166 valence electrons. The van der Waals surface area contributed by atoms with E-state index in [1.807, 2.05) is 42.2 Å².